The third-order valence-corrected chi connectivity index (χ3v) is 2.78. The van der Waals surface area contributed by atoms with Gasteiger partial charge in [0, 0.05) is 18.1 Å². The zero-order valence-electron chi connectivity index (χ0n) is 9.81. The van der Waals surface area contributed by atoms with Crippen LogP contribution in [0.1, 0.15) is 25.3 Å². The average molecular weight is 226 g/mol. The molecule has 3 heteroatoms. The SMILES string of the molecule is CCCC(=O)Cn1ccc2ccc(C#N)cc21. The van der Waals surface area contributed by atoms with Crippen LogP contribution in [0.5, 0.6) is 0 Å². The zero-order chi connectivity index (χ0) is 12.3. The molecule has 0 aliphatic carbocycles. The van der Waals surface area contributed by atoms with Gasteiger partial charge in [0.15, 0.2) is 5.78 Å². The van der Waals surface area contributed by atoms with Gasteiger partial charge in [-0.2, -0.15) is 5.26 Å². The molecule has 0 saturated heterocycles. The Morgan fingerprint density at radius 3 is 2.94 bits per heavy atom. The maximum atomic E-state index is 11.6. The maximum Gasteiger partial charge on any atom is 0.152 e. The van der Waals surface area contributed by atoms with Crippen LogP contribution in [0.15, 0.2) is 30.5 Å². The van der Waals surface area contributed by atoms with Gasteiger partial charge >= 0.3 is 0 Å². The zero-order valence-corrected chi connectivity index (χ0v) is 9.81. The fourth-order valence-corrected chi connectivity index (χ4v) is 1.94. The van der Waals surface area contributed by atoms with Crippen molar-refractivity contribution in [2.75, 3.05) is 0 Å². The monoisotopic (exact) mass is 226 g/mol. The third kappa shape index (κ3) is 2.36. The summed E-state index contributed by atoms with van der Waals surface area (Å²) >= 11 is 0. The molecule has 3 nitrogen and oxygen atoms in total. The molecule has 0 saturated carbocycles. The van der Waals surface area contributed by atoms with E-state index in [9.17, 15) is 4.79 Å². The van der Waals surface area contributed by atoms with Crippen molar-refractivity contribution < 1.29 is 4.79 Å². The number of hydrogen-bond acceptors (Lipinski definition) is 2. The normalized spacial score (nSPS) is 10.4. The third-order valence-electron chi connectivity index (χ3n) is 2.78. The van der Waals surface area contributed by atoms with Gasteiger partial charge in [0.05, 0.1) is 18.2 Å². The second kappa shape index (κ2) is 4.84. The summed E-state index contributed by atoms with van der Waals surface area (Å²) < 4.78 is 1.91. The van der Waals surface area contributed by atoms with E-state index in [0.29, 0.717) is 18.5 Å². The standard InChI is InChI=1S/C14H14N2O/c1-2-3-13(17)10-16-7-6-12-5-4-11(9-15)8-14(12)16/h4-8H,2-3,10H2,1H3. The largest absolute Gasteiger partial charge is 0.340 e. The van der Waals surface area contributed by atoms with E-state index in [1.807, 2.05) is 35.9 Å². The van der Waals surface area contributed by atoms with Crippen molar-refractivity contribution in [2.45, 2.75) is 26.3 Å². The second-order valence-corrected chi connectivity index (χ2v) is 4.12. The lowest BCUT2D eigenvalue weighted by molar-refractivity contribution is -0.119. The minimum absolute atomic E-state index is 0.229. The van der Waals surface area contributed by atoms with Crippen molar-refractivity contribution in [1.82, 2.24) is 4.57 Å². The first-order chi connectivity index (χ1) is 8.24. The van der Waals surface area contributed by atoms with Gasteiger partial charge in [0.25, 0.3) is 0 Å². The molecular weight excluding hydrogens is 212 g/mol. The molecule has 0 aliphatic rings. The van der Waals surface area contributed by atoms with Crippen LogP contribution in [0.2, 0.25) is 0 Å². The van der Waals surface area contributed by atoms with Crippen molar-refractivity contribution in [3.8, 4) is 6.07 Å². The number of nitriles is 1. The van der Waals surface area contributed by atoms with Gasteiger partial charge in [0.2, 0.25) is 0 Å². The predicted octanol–water partition coefficient (Wildman–Crippen LogP) is 2.88. The molecule has 1 aromatic heterocycles. The second-order valence-electron chi connectivity index (χ2n) is 4.12. The molecule has 0 unspecified atom stereocenters. The summed E-state index contributed by atoms with van der Waals surface area (Å²) in [6.07, 6.45) is 3.39. The van der Waals surface area contributed by atoms with Crippen molar-refractivity contribution in [2.24, 2.45) is 0 Å². The summed E-state index contributed by atoms with van der Waals surface area (Å²) in [5.74, 6) is 0.229. The molecule has 0 aliphatic heterocycles. The first-order valence-corrected chi connectivity index (χ1v) is 5.75. The minimum Gasteiger partial charge on any atom is -0.340 e. The Labute approximate surface area is 100 Å². The summed E-state index contributed by atoms with van der Waals surface area (Å²) in [5, 5.41) is 9.93. The van der Waals surface area contributed by atoms with E-state index in [1.165, 1.54) is 0 Å². The Bertz CT molecular complexity index is 590. The van der Waals surface area contributed by atoms with Crippen LogP contribution in [0, 0.1) is 11.3 Å². The van der Waals surface area contributed by atoms with Crippen LogP contribution in [0.4, 0.5) is 0 Å². The number of fused-ring (bicyclic) bond motifs is 1. The van der Waals surface area contributed by atoms with E-state index in [4.69, 9.17) is 5.26 Å². The highest BCUT2D eigenvalue weighted by atomic mass is 16.1. The number of rotatable bonds is 4. The first kappa shape index (κ1) is 11.4. The lowest BCUT2D eigenvalue weighted by atomic mass is 10.2. The quantitative estimate of drug-likeness (QED) is 0.804. The van der Waals surface area contributed by atoms with Gasteiger partial charge in [0.1, 0.15) is 0 Å². The first-order valence-electron chi connectivity index (χ1n) is 5.75. The van der Waals surface area contributed by atoms with E-state index in [1.54, 1.807) is 6.07 Å². The predicted molar refractivity (Wildman–Crippen MR) is 66.6 cm³/mol. The molecule has 17 heavy (non-hydrogen) atoms. The molecule has 0 radical (unpaired) electrons. The highest BCUT2D eigenvalue weighted by Gasteiger charge is 2.06. The topological polar surface area (TPSA) is 45.8 Å². The molecule has 1 heterocycles. The number of ketones is 1. The van der Waals surface area contributed by atoms with Crippen LogP contribution in [-0.4, -0.2) is 10.4 Å². The number of nitrogens with zero attached hydrogens (tertiary/aromatic N) is 2. The summed E-state index contributed by atoms with van der Waals surface area (Å²) in [6, 6.07) is 9.62. The minimum atomic E-state index is 0.229. The Balaban J connectivity index is 2.35. The number of benzene rings is 1. The van der Waals surface area contributed by atoms with Crippen molar-refractivity contribution in [1.29, 1.82) is 5.26 Å². The molecule has 0 atom stereocenters. The summed E-state index contributed by atoms with van der Waals surface area (Å²) in [5.41, 5.74) is 1.58. The molecule has 2 aromatic rings. The smallest absolute Gasteiger partial charge is 0.152 e. The number of aromatic nitrogens is 1. The van der Waals surface area contributed by atoms with Gasteiger partial charge in [-0.15, -0.1) is 0 Å². The lowest BCUT2D eigenvalue weighted by Gasteiger charge is -2.04. The summed E-state index contributed by atoms with van der Waals surface area (Å²) in [7, 11) is 0. The van der Waals surface area contributed by atoms with Crippen molar-refractivity contribution in [3.05, 3.63) is 36.0 Å². The van der Waals surface area contributed by atoms with E-state index in [0.717, 1.165) is 17.3 Å². The molecule has 86 valence electrons. The fraction of sp³-hybridized carbons (Fsp3) is 0.286. The number of Topliss-reactive ketones (excluding diaryl/α,β-unsaturated/α-hetero) is 1. The maximum absolute atomic E-state index is 11.6. The summed E-state index contributed by atoms with van der Waals surface area (Å²) in [4.78, 5) is 11.6. The van der Waals surface area contributed by atoms with E-state index < -0.39 is 0 Å². The lowest BCUT2D eigenvalue weighted by Crippen LogP contribution is -2.08. The number of carbonyl (C=O) groups is 1. The molecule has 0 amide bonds. The van der Waals surface area contributed by atoms with Gasteiger partial charge in [-0.1, -0.05) is 13.0 Å². The molecular formula is C14H14N2O. The van der Waals surface area contributed by atoms with Gasteiger partial charge in [-0.3, -0.25) is 4.79 Å². The highest BCUT2D eigenvalue weighted by molar-refractivity contribution is 5.85. The molecule has 0 N–H and O–H groups in total. The van der Waals surface area contributed by atoms with Crippen molar-refractivity contribution in [3.63, 3.8) is 0 Å². The van der Waals surface area contributed by atoms with Crippen LogP contribution >= 0.6 is 0 Å². The van der Waals surface area contributed by atoms with E-state index in [2.05, 4.69) is 6.07 Å². The van der Waals surface area contributed by atoms with E-state index in [-0.39, 0.29) is 5.78 Å². The Kier molecular flexibility index (Phi) is 3.24. The van der Waals surface area contributed by atoms with Crippen LogP contribution in [-0.2, 0) is 11.3 Å². The Hall–Kier alpha value is -2.08. The van der Waals surface area contributed by atoms with Gasteiger partial charge in [-0.25, -0.2) is 0 Å². The van der Waals surface area contributed by atoms with Gasteiger partial charge in [-0.05, 0) is 30.0 Å². The fourth-order valence-electron chi connectivity index (χ4n) is 1.94. The highest BCUT2D eigenvalue weighted by Crippen LogP contribution is 2.17. The molecule has 0 spiro atoms. The average Bonchev–Trinajstić information content (AvgIpc) is 2.72. The van der Waals surface area contributed by atoms with Crippen molar-refractivity contribution >= 4 is 16.7 Å². The van der Waals surface area contributed by atoms with Gasteiger partial charge < -0.3 is 4.57 Å². The van der Waals surface area contributed by atoms with Crippen LogP contribution in [0.25, 0.3) is 10.9 Å². The van der Waals surface area contributed by atoms with E-state index >= 15 is 0 Å². The number of carbonyl (C=O) groups excluding carboxylic acids is 1. The van der Waals surface area contributed by atoms with Crippen LogP contribution in [0.3, 0.4) is 0 Å². The number of hydrogen-bond donors (Lipinski definition) is 0. The molecule has 0 fully saturated rings. The van der Waals surface area contributed by atoms with Crippen LogP contribution < -0.4 is 0 Å². The Morgan fingerprint density at radius 1 is 1.41 bits per heavy atom. The Morgan fingerprint density at radius 2 is 2.24 bits per heavy atom. The summed E-state index contributed by atoms with van der Waals surface area (Å²) in [6.45, 7) is 2.39. The molecule has 1 aromatic carbocycles. The molecule has 0 bridgehead atoms. The molecule has 2 rings (SSSR count).